The van der Waals surface area contributed by atoms with E-state index in [0.717, 1.165) is 51.9 Å². The highest BCUT2D eigenvalue weighted by molar-refractivity contribution is 6.03. The van der Waals surface area contributed by atoms with Crippen molar-refractivity contribution in [1.29, 1.82) is 0 Å². The van der Waals surface area contributed by atoms with Crippen LogP contribution in [0, 0.1) is 6.92 Å². The molecule has 9 nitrogen and oxygen atoms in total. The minimum Gasteiger partial charge on any atom is -0.384 e. The van der Waals surface area contributed by atoms with Crippen molar-refractivity contribution in [2.45, 2.75) is 38.8 Å². The second-order valence-corrected chi connectivity index (χ2v) is 8.29. The van der Waals surface area contributed by atoms with Crippen LogP contribution in [0.3, 0.4) is 0 Å². The normalized spacial score (nSPS) is 16.6. The minimum atomic E-state index is -0.646. The summed E-state index contributed by atoms with van der Waals surface area (Å²) in [6.07, 6.45) is 1.75. The van der Waals surface area contributed by atoms with E-state index in [2.05, 4.69) is 20.5 Å². The predicted octanol–water partition coefficient (Wildman–Crippen LogP) is 1.23. The molecule has 0 spiro atoms. The number of rotatable bonds is 4. The van der Waals surface area contributed by atoms with Crippen LogP contribution in [0.1, 0.15) is 42.0 Å². The van der Waals surface area contributed by atoms with Crippen molar-refractivity contribution in [2.75, 3.05) is 18.8 Å². The van der Waals surface area contributed by atoms with E-state index in [-0.39, 0.29) is 17.2 Å². The van der Waals surface area contributed by atoms with Crippen molar-refractivity contribution < 1.29 is 4.79 Å². The number of hydrogen-bond donors (Lipinski definition) is 1. The number of nitrogen functional groups attached to an aromatic ring is 1. The first kappa shape index (κ1) is 21.0. The second kappa shape index (κ2) is 7.81. The molecule has 0 amide bonds. The van der Waals surface area contributed by atoms with Crippen molar-refractivity contribution in [1.82, 2.24) is 23.6 Å². The average Bonchev–Trinajstić information content (AvgIpc) is 3.11. The number of hydrogen-bond acceptors (Lipinski definition) is 6. The first-order chi connectivity index (χ1) is 14.7. The van der Waals surface area contributed by atoms with Crippen molar-refractivity contribution in [3.8, 4) is 0 Å². The first-order valence-electron chi connectivity index (χ1n) is 10.5. The van der Waals surface area contributed by atoms with Crippen LogP contribution < -0.4 is 17.0 Å². The zero-order chi connectivity index (χ0) is 22.4. The van der Waals surface area contributed by atoms with Gasteiger partial charge in [-0.25, -0.2) is 9.78 Å². The van der Waals surface area contributed by atoms with Crippen LogP contribution in [0.25, 0.3) is 11.0 Å². The van der Waals surface area contributed by atoms with Crippen LogP contribution in [0.5, 0.6) is 0 Å². The van der Waals surface area contributed by atoms with E-state index in [1.807, 2.05) is 25.1 Å². The lowest BCUT2D eigenvalue weighted by atomic mass is 9.99. The summed E-state index contributed by atoms with van der Waals surface area (Å²) in [6, 6.07) is 7.92. The summed E-state index contributed by atoms with van der Waals surface area (Å²) >= 11 is 0. The topological polar surface area (TPSA) is 108 Å². The lowest BCUT2D eigenvalue weighted by molar-refractivity contribution is 0.0774. The number of aromatic nitrogens is 4. The maximum absolute atomic E-state index is 13.2. The number of fused-ring (bicyclic) bond motifs is 1. The third-order valence-corrected chi connectivity index (χ3v) is 6.52. The molecule has 164 valence electrons. The number of carbonyl (C=O) groups excluding carboxylic acids is 1. The van der Waals surface area contributed by atoms with E-state index in [9.17, 15) is 14.4 Å². The predicted molar refractivity (Wildman–Crippen MR) is 119 cm³/mol. The van der Waals surface area contributed by atoms with Gasteiger partial charge in [0.2, 0.25) is 0 Å². The molecule has 31 heavy (non-hydrogen) atoms. The lowest BCUT2D eigenvalue weighted by Crippen LogP contribution is -2.48. The molecule has 1 aromatic carbocycles. The highest BCUT2D eigenvalue weighted by Gasteiger charge is 2.32. The van der Waals surface area contributed by atoms with Crippen LogP contribution in [0.4, 0.5) is 5.82 Å². The summed E-state index contributed by atoms with van der Waals surface area (Å²) in [4.78, 5) is 44.5. The zero-order valence-corrected chi connectivity index (χ0v) is 18.3. The van der Waals surface area contributed by atoms with Crippen LogP contribution >= 0.6 is 0 Å². The fraction of sp³-hybridized carbons (Fsp3) is 0.455. The van der Waals surface area contributed by atoms with Crippen LogP contribution in [0.2, 0.25) is 0 Å². The smallest absolute Gasteiger partial charge is 0.332 e. The monoisotopic (exact) mass is 424 g/mol. The Morgan fingerprint density at radius 1 is 1.13 bits per heavy atom. The standard InChI is InChI=1S/C22H28N6O3/c1-13(19(29)18-20(23)25(3)22(31)26(4)21(18)30)27-11-9-15(10-12-27)28-14(2)24-16-7-5-6-8-17(16)28/h5-8,13,15H,9-12,23H2,1-4H3. The number of anilines is 1. The molecule has 9 heteroatoms. The molecular formula is C22H28N6O3. The Morgan fingerprint density at radius 2 is 1.77 bits per heavy atom. The third kappa shape index (κ3) is 3.38. The second-order valence-electron chi connectivity index (χ2n) is 8.29. The van der Waals surface area contributed by atoms with Gasteiger partial charge in [-0.2, -0.15) is 0 Å². The van der Waals surface area contributed by atoms with Gasteiger partial charge in [0.1, 0.15) is 17.2 Å². The van der Waals surface area contributed by atoms with Crippen LogP contribution in [0.15, 0.2) is 33.9 Å². The molecule has 1 atom stereocenters. The molecule has 1 saturated heterocycles. The van der Waals surface area contributed by atoms with Gasteiger partial charge in [-0.15, -0.1) is 0 Å². The molecule has 4 rings (SSSR count). The van der Waals surface area contributed by atoms with Gasteiger partial charge in [0.05, 0.1) is 17.1 Å². The van der Waals surface area contributed by atoms with Gasteiger partial charge in [-0.3, -0.25) is 23.6 Å². The summed E-state index contributed by atoms with van der Waals surface area (Å²) in [7, 11) is 2.82. The number of Topliss-reactive ketones (excluding diaryl/α,β-unsaturated/α-hetero) is 1. The van der Waals surface area contributed by atoms with Crippen molar-refractivity contribution in [3.63, 3.8) is 0 Å². The Bertz CT molecular complexity index is 1280. The number of para-hydroxylation sites is 2. The molecule has 0 bridgehead atoms. The molecule has 3 heterocycles. The van der Waals surface area contributed by atoms with E-state index in [1.54, 1.807) is 6.92 Å². The Balaban J connectivity index is 1.55. The molecule has 1 aliphatic heterocycles. The highest BCUT2D eigenvalue weighted by atomic mass is 16.2. The summed E-state index contributed by atoms with van der Waals surface area (Å²) in [5.41, 5.74) is 6.79. The molecule has 0 saturated carbocycles. The highest BCUT2D eigenvalue weighted by Crippen LogP contribution is 2.29. The molecule has 0 aliphatic carbocycles. The molecule has 2 aromatic heterocycles. The minimum absolute atomic E-state index is 0.0830. The fourth-order valence-corrected chi connectivity index (χ4v) is 4.62. The van der Waals surface area contributed by atoms with Crippen LogP contribution in [-0.4, -0.2) is 48.5 Å². The third-order valence-electron chi connectivity index (χ3n) is 6.52. The molecule has 1 fully saturated rings. The van der Waals surface area contributed by atoms with Crippen molar-refractivity contribution >= 4 is 22.6 Å². The van der Waals surface area contributed by atoms with Gasteiger partial charge in [-0.1, -0.05) is 12.1 Å². The largest absolute Gasteiger partial charge is 0.384 e. The Labute approximate surface area is 179 Å². The number of aryl methyl sites for hydroxylation is 1. The van der Waals surface area contributed by atoms with E-state index >= 15 is 0 Å². The maximum atomic E-state index is 13.2. The molecule has 2 N–H and O–H groups in total. The number of nitrogens with two attached hydrogens (primary N) is 1. The number of ketones is 1. The number of carbonyl (C=O) groups is 1. The van der Waals surface area contributed by atoms with Gasteiger partial charge in [0, 0.05) is 33.2 Å². The van der Waals surface area contributed by atoms with Gasteiger partial charge in [-0.05, 0) is 38.8 Å². The molecular weight excluding hydrogens is 396 g/mol. The average molecular weight is 425 g/mol. The summed E-state index contributed by atoms with van der Waals surface area (Å²) < 4.78 is 4.36. The molecule has 1 aliphatic rings. The van der Waals surface area contributed by atoms with Gasteiger partial charge < -0.3 is 10.3 Å². The Hall–Kier alpha value is -3.20. The summed E-state index contributed by atoms with van der Waals surface area (Å²) in [5.74, 6) is 0.557. The van der Waals surface area contributed by atoms with E-state index in [1.165, 1.54) is 14.1 Å². The number of benzene rings is 1. The van der Waals surface area contributed by atoms with Crippen LogP contribution in [-0.2, 0) is 14.1 Å². The molecule has 1 unspecified atom stereocenters. The summed E-state index contributed by atoms with van der Waals surface area (Å²) in [6.45, 7) is 5.26. The number of nitrogens with zero attached hydrogens (tertiary/aromatic N) is 5. The van der Waals surface area contributed by atoms with E-state index in [0.29, 0.717) is 6.04 Å². The molecule has 3 aromatic rings. The summed E-state index contributed by atoms with van der Waals surface area (Å²) in [5, 5.41) is 0. The van der Waals surface area contributed by atoms with E-state index in [4.69, 9.17) is 5.73 Å². The maximum Gasteiger partial charge on any atom is 0.332 e. The number of imidazole rings is 1. The quantitative estimate of drug-likeness (QED) is 0.631. The first-order valence-corrected chi connectivity index (χ1v) is 10.5. The fourth-order valence-electron chi connectivity index (χ4n) is 4.62. The SMILES string of the molecule is Cc1nc2ccccc2n1C1CCN(C(C)C(=O)c2c(N)n(C)c(=O)n(C)c2=O)CC1. The molecule has 0 radical (unpaired) electrons. The van der Waals surface area contributed by atoms with Crippen molar-refractivity contribution in [2.24, 2.45) is 14.1 Å². The van der Waals surface area contributed by atoms with E-state index < -0.39 is 17.3 Å². The number of likely N-dealkylation sites (tertiary alicyclic amines) is 1. The zero-order valence-electron chi connectivity index (χ0n) is 18.3. The van der Waals surface area contributed by atoms with Crippen molar-refractivity contribution in [3.05, 3.63) is 56.5 Å². The number of piperidine rings is 1. The lowest BCUT2D eigenvalue weighted by Gasteiger charge is -2.36. The van der Waals surface area contributed by atoms with Gasteiger partial charge in [0.25, 0.3) is 5.56 Å². The van der Waals surface area contributed by atoms with Gasteiger partial charge >= 0.3 is 5.69 Å². The Kier molecular flexibility index (Phi) is 5.30. The Morgan fingerprint density at radius 3 is 2.45 bits per heavy atom. The van der Waals surface area contributed by atoms with Gasteiger partial charge in [0.15, 0.2) is 5.78 Å².